The summed E-state index contributed by atoms with van der Waals surface area (Å²) >= 11 is 3.30. The number of ether oxygens (including phenoxy) is 1. The molecule has 1 aromatic rings. The maximum Gasteiger partial charge on any atom is 0.261 e. The minimum absolute atomic E-state index is 0.188. The lowest BCUT2D eigenvalue weighted by Gasteiger charge is -2.14. The average molecular weight is 301 g/mol. The van der Waals surface area contributed by atoms with Crippen LogP contribution in [0.3, 0.4) is 0 Å². The van der Waals surface area contributed by atoms with Crippen molar-refractivity contribution in [1.82, 2.24) is 5.32 Å². The van der Waals surface area contributed by atoms with E-state index in [0.717, 1.165) is 4.47 Å². The number of amides is 2. The lowest BCUT2D eigenvalue weighted by Crippen LogP contribution is -2.40. The van der Waals surface area contributed by atoms with Gasteiger partial charge >= 0.3 is 0 Å². The molecule has 1 unspecified atom stereocenters. The number of halogens is 1. The number of hydrogen-bond donors (Lipinski definition) is 2. The van der Waals surface area contributed by atoms with Gasteiger partial charge in [-0.25, -0.2) is 0 Å². The van der Waals surface area contributed by atoms with E-state index in [4.69, 9.17) is 10.5 Å². The Bertz CT molecular complexity index is 406. The monoisotopic (exact) mass is 300 g/mol. The van der Waals surface area contributed by atoms with Gasteiger partial charge in [-0.2, -0.15) is 0 Å². The number of benzene rings is 1. The minimum atomic E-state index is -0.685. The summed E-state index contributed by atoms with van der Waals surface area (Å²) in [7, 11) is 0. The summed E-state index contributed by atoms with van der Waals surface area (Å²) in [6.45, 7) is 1.41. The standard InChI is InChI=1S/C11H13BrN2O3/c1-7(11(16)14-6-10(13)15)17-9-4-2-8(12)3-5-9/h2-5,7H,6H2,1H3,(H2,13,15)(H,14,16). The Labute approximate surface area is 107 Å². The number of carbonyl (C=O) groups is 2. The number of hydrogen-bond acceptors (Lipinski definition) is 3. The molecule has 0 aliphatic rings. The fraction of sp³-hybridized carbons (Fsp3) is 0.273. The fourth-order valence-corrected chi connectivity index (χ4v) is 1.35. The third-order valence-corrected chi connectivity index (χ3v) is 2.46. The molecule has 0 fully saturated rings. The zero-order chi connectivity index (χ0) is 12.8. The van der Waals surface area contributed by atoms with E-state index >= 15 is 0 Å². The molecule has 0 bridgehead atoms. The molecule has 1 atom stereocenters. The highest BCUT2D eigenvalue weighted by atomic mass is 79.9. The lowest BCUT2D eigenvalue weighted by atomic mass is 10.3. The zero-order valence-corrected chi connectivity index (χ0v) is 10.9. The first-order valence-electron chi connectivity index (χ1n) is 4.97. The Morgan fingerprint density at radius 1 is 1.41 bits per heavy atom. The summed E-state index contributed by atoms with van der Waals surface area (Å²) in [6.07, 6.45) is -0.685. The van der Waals surface area contributed by atoms with Gasteiger partial charge in [0.15, 0.2) is 6.10 Å². The van der Waals surface area contributed by atoms with Gasteiger partial charge in [0.25, 0.3) is 5.91 Å². The van der Waals surface area contributed by atoms with Crippen LogP contribution in [0.25, 0.3) is 0 Å². The van der Waals surface area contributed by atoms with Crippen LogP contribution < -0.4 is 15.8 Å². The molecule has 0 spiro atoms. The number of carbonyl (C=O) groups excluding carboxylic acids is 2. The predicted molar refractivity (Wildman–Crippen MR) is 66.4 cm³/mol. The number of nitrogens with one attached hydrogen (secondary N) is 1. The van der Waals surface area contributed by atoms with E-state index in [1.165, 1.54) is 0 Å². The predicted octanol–water partition coefficient (Wildman–Crippen LogP) is 0.818. The molecule has 1 rings (SSSR count). The molecule has 0 aliphatic carbocycles. The van der Waals surface area contributed by atoms with Crippen molar-refractivity contribution in [3.05, 3.63) is 28.7 Å². The first kappa shape index (κ1) is 13.5. The third kappa shape index (κ3) is 4.86. The van der Waals surface area contributed by atoms with Gasteiger partial charge in [-0.15, -0.1) is 0 Å². The van der Waals surface area contributed by atoms with Crippen LogP contribution in [-0.4, -0.2) is 24.5 Å². The second kappa shape index (κ2) is 6.24. The molecule has 0 saturated carbocycles. The Hall–Kier alpha value is -1.56. The summed E-state index contributed by atoms with van der Waals surface area (Å²) < 4.78 is 6.30. The van der Waals surface area contributed by atoms with Gasteiger partial charge in [-0.1, -0.05) is 15.9 Å². The largest absolute Gasteiger partial charge is 0.481 e. The highest BCUT2D eigenvalue weighted by Gasteiger charge is 2.14. The van der Waals surface area contributed by atoms with E-state index < -0.39 is 12.0 Å². The van der Waals surface area contributed by atoms with Gasteiger partial charge in [-0.05, 0) is 31.2 Å². The maximum atomic E-state index is 11.5. The minimum Gasteiger partial charge on any atom is -0.481 e. The van der Waals surface area contributed by atoms with Crippen molar-refractivity contribution in [1.29, 1.82) is 0 Å². The molecular weight excluding hydrogens is 288 g/mol. The van der Waals surface area contributed by atoms with Gasteiger partial charge in [0.1, 0.15) is 5.75 Å². The van der Waals surface area contributed by atoms with E-state index in [2.05, 4.69) is 21.2 Å². The molecule has 0 aromatic heterocycles. The van der Waals surface area contributed by atoms with Crippen LogP contribution in [0, 0.1) is 0 Å². The number of nitrogens with two attached hydrogens (primary N) is 1. The molecule has 1 aromatic carbocycles. The van der Waals surface area contributed by atoms with E-state index in [-0.39, 0.29) is 12.5 Å². The SMILES string of the molecule is CC(Oc1ccc(Br)cc1)C(=O)NCC(N)=O. The van der Waals surface area contributed by atoms with Gasteiger partial charge in [-0.3, -0.25) is 9.59 Å². The normalized spacial score (nSPS) is 11.6. The summed E-state index contributed by atoms with van der Waals surface area (Å²) in [5.41, 5.74) is 4.91. The third-order valence-electron chi connectivity index (χ3n) is 1.93. The first-order valence-corrected chi connectivity index (χ1v) is 5.76. The first-order chi connectivity index (χ1) is 7.99. The molecule has 92 valence electrons. The molecule has 3 N–H and O–H groups in total. The van der Waals surface area contributed by atoms with Gasteiger partial charge < -0.3 is 15.8 Å². The highest BCUT2D eigenvalue weighted by Crippen LogP contribution is 2.17. The summed E-state index contributed by atoms with van der Waals surface area (Å²) in [6, 6.07) is 7.09. The van der Waals surface area contributed by atoms with Crippen LogP contribution >= 0.6 is 15.9 Å². The van der Waals surface area contributed by atoms with Crippen molar-refractivity contribution in [2.75, 3.05) is 6.54 Å². The summed E-state index contributed by atoms with van der Waals surface area (Å²) in [4.78, 5) is 21.9. The Morgan fingerprint density at radius 3 is 2.53 bits per heavy atom. The fourth-order valence-electron chi connectivity index (χ4n) is 1.09. The van der Waals surface area contributed by atoms with Crippen LogP contribution in [-0.2, 0) is 9.59 Å². The second-order valence-corrected chi connectivity index (χ2v) is 4.31. The van der Waals surface area contributed by atoms with Crippen molar-refractivity contribution in [2.45, 2.75) is 13.0 Å². The summed E-state index contributed by atoms with van der Waals surface area (Å²) in [5, 5.41) is 2.37. The van der Waals surface area contributed by atoms with E-state index in [1.54, 1.807) is 19.1 Å². The van der Waals surface area contributed by atoms with Crippen LogP contribution in [0.5, 0.6) is 5.75 Å². The van der Waals surface area contributed by atoms with Crippen LogP contribution in [0.1, 0.15) is 6.92 Å². The van der Waals surface area contributed by atoms with E-state index in [1.807, 2.05) is 12.1 Å². The molecule has 5 nitrogen and oxygen atoms in total. The zero-order valence-electron chi connectivity index (χ0n) is 9.27. The molecule has 0 aliphatic heterocycles. The number of primary amides is 1. The van der Waals surface area contributed by atoms with Crippen molar-refractivity contribution < 1.29 is 14.3 Å². The molecule has 0 radical (unpaired) electrons. The van der Waals surface area contributed by atoms with Crippen LogP contribution in [0.2, 0.25) is 0 Å². The van der Waals surface area contributed by atoms with Crippen LogP contribution in [0.15, 0.2) is 28.7 Å². The molecular formula is C11H13BrN2O3. The van der Waals surface area contributed by atoms with Gasteiger partial charge in [0.2, 0.25) is 5.91 Å². The van der Waals surface area contributed by atoms with Gasteiger partial charge in [0.05, 0.1) is 6.54 Å². The number of rotatable bonds is 5. The Kier molecular flexibility index (Phi) is 4.96. The van der Waals surface area contributed by atoms with Crippen molar-refractivity contribution in [2.24, 2.45) is 5.73 Å². The molecule has 2 amide bonds. The highest BCUT2D eigenvalue weighted by molar-refractivity contribution is 9.10. The van der Waals surface area contributed by atoms with Gasteiger partial charge in [0, 0.05) is 4.47 Å². The quantitative estimate of drug-likeness (QED) is 0.844. The average Bonchev–Trinajstić information content (AvgIpc) is 2.28. The van der Waals surface area contributed by atoms with Crippen molar-refractivity contribution >= 4 is 27.7 Å². The molecule has 6 heteroatoms. The van der Waals surface area contributed by atoms with Crippen molar-refractivity contribution in [3.8, 4) is 5.75 Å². The molecule has 0 saturated heterocycles. The Balaban J connectivity index is 2.48. The van der Waals surface area contributed by atoms with E-state index in [0.29, 0.717) is 5.75 Å². The topological polar surface area (TPSA) is 81.4 Å². The van der Waals surface area contributed by atoms with E-state index in [9.17, 15) is 9.59 Å². The Morgan fingerprint density at radius 2 is 2.00 bits per heavy atom. The lowest BCUT2D eigenvalue weighted by molar-refractivity contribution is -0.129. The second-order valence-electron chi connectivity index (χ2n) is 3.40. The van der Waals surface area contributed by atoms with Crippen molar-refractivity contribution in [3.63, 3.8) is 0 Å². The maximum absolute atomic E-state index is 11.5. The van der Waals surface area contributed by atoms with Crippen LogP contribution in [0.4, 0.5) is 0 Å². The molecule has 0 heterocycles. The molecule has 17 heavy (non-hydrogen) atoms. The summed E-state index contributed by atoms with van der Waals surface area (Å²) in [5.74, 6) is -0.393. The smallest absolute Gasteiger partial charge is 0.261 e.